The molecule has 97 heavy (non-hydrogen) atoms. The van der Waals surface area contributed by atoms with Gasteiger partial charge in [-0.1, -0.05) is 245 Å². The number of carbonyl (C=O) groups excluding carboxylic acids is 4. The minimum absolute atomic E-state index is 0. The molecule has 0 saturated carbocycles. The van der Waals surface area contributed by atoms with Crippen molar-refractivity contribution in [2.24, 2.45) is 0 Å². The maximum atomic E-state index is 12.8. The first-order chi connectivity index (χ1) is 45.6. The number of hydrogen-bond donors (Lipinski definition) is 3. The van der Waals surface area contributed by atoms with Gasteiger partial charge in [0, 0.05) is 43.4 Å². The van der Waals surface area contributed by atoms with E-state index < -0.39 is 97.5 Å². The van der Waals surface area contributed by atoms with Crippen LogP contribution in [0.25, 0.3) is 11.0 Å². The molecule has 1 aromatic carbocycles. The van der Waals surface area contributed by atoms with Crippen LogP contribution in [0.1, 0.15) is 310 Å². The smallest absolute Gasteiger partial charge is 0.756 e. The first kappa shape index (κ1) is 96.9. The summed E-state index contributed by atoms with van der Waals surface area (Å²) >= 11 is 0. The van der Waals surface area contributed by atoms with Crippen LogP contribution in [-0.2, 0) is 71.8 Å². The van der Waals surface area contributed by atoms with Crippen LogP contribution in [0.2, 0.25) is 0 Å². The van der Waals surface area contributed by atoms with E-state index in [9.17, 15) is 58.2 Å². The number of rotatable bonds is 60. The van der Waals surface area contributed by atoms with Gasteiger partial charge in [-0.05, 0) is 52.9 Å². The van der Waals surface area contributed by atoms with E-state index in [-0.39, 0.29) is 113 Å². The number of aliphatic hydroxyl groups is 1. The number of aliphatic hydroxyl groups excluding tert-OH is 1. The number of aryl methyl sites for hydroxylation is 1. The van der Waals surface area contributed by atoms with Crippen LogP contribution in [0.15, 0.2) is 33.0 Å². The van der Waals surface area contributed by atoms with Crippen molar-refractivity contribution in [3.8, 4) is 11.5 Å². The van der Waals surface area contributed by atoms with Crippen molar-refractivity contribution in [1.29, 1.82) is 0 Å². The fourth-order valence-electron chi connectivity index (χ4n) is 10.3. The average molecular weight is 1430 g/mol. The van der Waals surface area contributed by atoms with E-state index in [0.717, 1.165) is 108 Å². The van der Waals surface area contributed by atoms with Crippen LogP contribution in [-0.4, -0.2) is 97.1 Å². The zero-order valence-corrected chi connectivity index (χ0v) is 67.1. The predicted molar refractivity (Wildman–Crippen MR) is 368 cm³/mol. The number of allylic oxidation sites excluding steroid dienone is 2. The van der Waals surface area contributed by atoms with Gasteiger partial charge in [0.05, 0.1) is 26.4 Å². The molecule has 0 aliphatic carbocycles. The van der Waals surface area contributed by atoms with Crippen molar-refractivity contribution in [2.75, 3.05) is 39.6 Å². The monoisotopic (exact) mass is 1430 g/mol. The summed E-state index contributed by atoms with van der Waals surface area (Å²) in [7, 11) is -10.4. The van der Waals surface area contributed by atoms with E-state index in [4.69, 9.17) is 41.5 Å². The maximum absolute atomic E-state index is 12.8. The van der Waals surface area contributed by atoms with Crippen LogP contribution in [0.5, 0.6) is 11.5 Å². The summed E-state index contributed by atoms with van der Waals surface area (Å²) in [5.74, 6) is -2.08. The van der Waals surface area contributed by atoms with E-state index in [1.54, 1.807) is 6.92 Å². The molecule has 2 aromatic rings. The maximum Gasteiger partial charge on any atom is 1.00 e. The largest absolute Gasteiger partial charge is 1.00 e. The van der Waals surface area contributed by atoms with Crippen molar-refractivity contribution in [3.05, 3.63) is 45.3 Å². The number of ether oxygens (including phenoxy) is 4. The summed E-state index contributed by atoms with van der Waals surface area (Å²) in [5.41, 5.74) is 1.29. The molecule has 3 N–H and O–H groups in total. The molecule has 1 heterocycles. The number of hydrogen-bond acceptors (Lipinski definition) is 21. The fraction of sp³-hybridized carbons (Fsp3) is 0.792. The number of phenolic OH excluding ortho intramolecular Hbond substituents is 2. The third-order valence-electron chi connectivity index (χ3n) is 16.0. The zero-order chi connectivity index (χ0) is 70.4. The number of unbranched alkanes of at least 4 members (excludes halogenated alkanes) is 32. The molecule has 4 atom stereocenters. The molecule has 0 amide bonds. The van der Waals surface area contributed by atoms with Crippen LogP contribution in [0.3, 0.4) is 0 Å². The second kappa shape index (κ2) is 62.4. The molecular weight excluding hydrogens is 1310 g/mol. The minimum Gasteiger partial charge on any atom is -0.756 e. The normalized spacial score (nSPS) is 13.3. The van der Waals surface area contributed by atoms with E-state index in [1.807, 2.05) is 19.9 Å². The first-order valence-corrected chi connectivity index (χ1v) is 39.2. The molecule has 0 spiro atoms. The third kappa shape index (κ3) is 54.2. The minimum atomic E-state index is -5.20. The van der Waals surface area contributed by atoms with Gasteiger partial charge in [-0.15, -0.1) is 0 Å². The number of phenols is 2. The van der Waals surface area contributed by atoms with Crippen LogP contribution in [0, 0.1) is 6.92 Å². The Morgan fingerprint density at radius 1 is 0.474 bits per heavy atom. The number of aromatic hydroxyl groups is 2. The standard InChI is InChI=1S/C57H110O17P2.C15H16O4.2Na/c1-5-9-13-17-21-25-29-33-37-41-54(59)67-47-52(73-56(61)43-39-35-31-27-23-19-15-11-7-3)49-71-75(63,64)69-45-51(58)46-70-76(65,66)72-50-53(74-57(62)44-40-36-32-28-24-20-16-12-8-4)48-68-55(60)42-38-34-30-26-22-18-14-10-6-2;1-8(2)4-5-10-11(16)7-13-14(15(10)18)12(17)6-9(3)19-13;;/h51-53,58H,5-50H2,1-4H3,(H,63,64)(H,65,66);4,6-7,16,18H,5H2,1-3H3;;/q;;2*+1/p-2. The zero-order valence-electron chi connectivity index (χ0n) is 61.3. The second-order valence-corrected chi connectivity index (χ2v) is 28.3. The summed E-state index contributed by atoms with van der Waals surface area (Å²) in [6.07, 6.45) is 36.5. The number of phosphoric ester groups is 2. The van der Waals surface area contributed by atoms with Crippen LogP contribution in [0.4, 0.5) is 0 Å². The molecule has 0 fully saturated rings. The number of carbonyl (C=O) groups is 4. The van der Waals surface area contributed by atoms with Crippen molar-refractivity contribution in [3.63, 3.8) is 0 Å². The molecule has 0 radical (unpaired) electrons. The van der Waals surface area contributed by atoms with Gasteiger partial charge >= 0.3 is 83.0 Å². The summed E-state index contributed by atoms with van der Waals surface area (Å²) in [5, 5.41) is 30.6. The molecule has 25 heteroatoms. The van der Waals surface area contributed by atoms with Gasteiger partial charge in [0.15, 0.2) is 17.6 Å². The Morgan fingerprint density at radius 3 is 1.09 bits per heavy atom. The topological polar surface area (TPSA) is 313 Å². The molecule has 2 rings (SSSR count). The number of fused-ring (bicyclic) bond motifs is 1. The quantitative estimate of drug-likeness (QED) is 0.0138. The molecule has 550 valence electrons. The van der Waals surface area contributed by atoms with Crippen molar-refractivity contribution in [1.82, 2.24) is 0 Å². The van der Waals surface area contributed by atoms with Crippen LogP contribution >= 0.6 is 15.6 Å². The number of benzene rings is 1. The summed E-state index contributed by atoms with van der Waals surface area (Å²) < 4.78 is 72.0. The Kier molecular flexibility index (Phi) is 62.3. The van der Waals surface area contributed by atoms with Crippen molar-refractivity contribution in [2.45, 2.75) is 330 Å². The molecule has 0 aliphatic heterocycles. The third-order valence-corrected chi connectivity index (χ3v) is 17.9. The van der Waals surface area contributed by atoms with Crippen molar-refractivity contribution < 1.29 is 154 Å². The van der Waals surface area contributed by atoms with E-state index in [2.05, 4.69) is 27.7 Å². The Bertz CT molecular complexity index is 2440. The number of phosphoric acid groups is 2. The molecule has 0 aliphatic rings. The fourth-order valence-corrected chi connectivity index (χ4v) is 11.9. The van der Waals surface area contributed by atoms with Gasteiger partial charge in [0.1, 0.15) is 47.5 Å². The molecule has 4 unspecified atom stereocenters. The van der Waals surface area contributed by atoms with Gasteiger partial charge in [-0.25, -0.2) is 0 Å². The summed E-state index contributed by atoms with van der Waals surface area (Å²) in [4.78, 5) is 88.1. The molecule has 0 bridgehead atoms. The van der Waals surface area contributed by atoms with E-state index >= 15 is 0 Å². The SMILES string of the molecule is CC(C)=CCc1c(O)cc2oc(C)cc(=O)c2c1O.CCCCCCCCCCCC(=O)OCC(COP(=O)([O-])OCC(O)COP(=O)([O-])OCC(COC(=O)CCCCCCCCCCC)OC(=O)CCCCCCCCCCC)OC(=O)CCCCCCCCCCC.[Na+].[Na+]. The van der Waals surface area contributed by atoms with Crippen molar-refractivity contribution >= 4 is 50.5 Å². The van der Waals surface area contributed by atoms with Gasteiger partial charge in [0.25, 0.3) is 15.6 Å². The Hall–Kier alpha value is -2.17. The predicted octanol–water partition coefficient (Wildman–Crippen LogP) is 11.0. The van der Waals surface area contributed by atoms with Gasteiger partial charge in [-0.2, -0.15) is 0 Å². The second-order valence-electron chi connectivity index (χ2n) is 25.4. The Balaban J connectivity index is 0. The molecule has 1 aromatic heterocycles. The summed E-state index contributed by atoms with van der Waals surface area (Å²) in [6, 6.07) is 2.70. The van der Waals surface area contributed by atoms with Crippen LogP contribution < -0.4 is 74.3 Å². The average Bonchev–Trinajstić information content (AvgIpc) is 0.782. The summed E-state index contributed by atoms with van der Waals surface area (Å²) in [6.45, 7) is 9.86. The van der Waals surface area contributed by atoms with Gasteiger partial charge in [-0.3, -0.25) is 33.1 Å². The van der Waals surface area contributed by atoms with E-state index in [1.165, 1.54) is 115 Å². The Morgan fingerprint density at radius 2 is 0.773 bits per heavy atom. The molecule has 0 saturated heterocycles. The molecule has 21 nitrogen and oxygen atoms in total. The van der Waals surface area contributed by atoms with Gasteiger partial charge < -0.3 is 66.6 Å². The number of esters is 4. The first-order valence-electron chi connectivity index (χ1n) is 36.3. The Labute approximate surface area is 626 Å². The van der Waals surface area contributed by atoms with Gasteiger partial charge in [0.2, 0.25) is 0 Å². The van der Waals surface area contributed by atoms with E-state index in [0.29, 0.717) is 43.4 Å². The molecular formula is C72H124Na2O21P2.